The van der Waals surface area contributed by atoms with Crippen LogP contribution in [0.15, 0.2) is 0 Å². The van der Waals surface area contributed by atoms with Crippen molar-refractivity contribution < 1.29 is 14.7 Å². The molecule has 1 aliphatic rings. The van der Waals surface area contributed by atoms with E-state index in [4.69, 9.17) is 5.73 Å². The maximum Gasteiger partial charge on any atom is 0.327 e. The van der Waals surface area contributed by atoms with Crippen LogP contribution in [0.1, 0.15) is 34.1 Å². The molecule has 0 saturated carbocycles. The van der Waals surface area contributed by atoms with Crippen molar-refractivity contribution in [2.75, 3.05) is 5.75 Å². The third-order valence-corrected chi connectivity index (χ3v) is 5.31. The molecule has 2 unspecified atom stereocenters. The van der Waals surface area contributed by atoms with Gasteiger partial charge in [-0.2, -0.15) is 0 Å². The van der Waals surface area contributed by atoms with Crippen LogP contribution >= 0.6 is 11.8 Å². The van der Waals surface area contributed by atoms with Crippen LogP contribution in [-0.2, 0) is 9.59 Å². The Morgan fingerprint density at radius 2 is 2.00 bits per heavy atom. The Morgan fingerprint density at radius 1 is 1.42 bits per heavy atom. The van der Waals surface area contributed by atoms with Gasteiger partial charge in [0.1, 0.15) is 6.04 Å². The molecule has 0 radical (unpaired) electrons. The summed E-state index contributed by atoms with van der Waals surface area (Å²) < 4.78 is 0. The SMILES string of the molecule is CC[C@H](C)[C@H](N)C(=O)N1C(C(=O)O)CSC1C(C)C. The lowest BCUT2D eigenvalue weighted by Crippen LogP contribution is -2.54. The molecule has 0 aromatic rings. The second-order valence-corrected chi connectivity index (χ2v) is 6.63. The molecule has 0 aliphatic carbocycles. The zero-order valence-electron chi connectivity index (χ0n) is 12.0. The third kappa shape index (κ3) is 3.42. The van der Waals surface area contributed by atoms with E-state index in [0.717, 1.165) is 6.42 Å². The lowest BCUT2D eigenvalue weighted by Gasteiger charge is -2.33. The summed E-state index contributed by atoms with van der Waals surface area (Å²) in [5.74, 6) is -0.467. The summed E-state index contributed by atoms with van der Waals surface area (Å²) in [5.41, 5.74) is 5.98. The van der Waals surface area contributed by atoms with Crippen molar-refractivity contribution in [1.29, 1.82) is 0 Å². The molecule has 0 aromatic carbocycles. The topological polar surface area (TPSA) is 83.6 Å². The lowest BCUT2D eigenvalue weighted by atomic mass is 9.98. The predicted molar refractivity (Wildman–Crippen MR) is 76.8 cm³/mol. The van der Waals surface area contributed by atoms with Gasteiger partial charge in [-0.05, 0) is 11.8 Å². The molecule has 6 heteroatoms. The summed E-state index contributed by atoms with van der Waals surface area (Å²) in [6.45, 7) is 7.89. The summed E-state index contributed by atoms with van der Waals surface area (Å²) >= 11 is 1.53. The number of carboxylic acid groups (broad SMARTS) is 1. The van der Waals surface area contributed by atoms with E-state index in [-0.39, 0.29) is 23.1 Å². The number of amides is 1. The van der Waals surface area contributed by atoms with Crippen molar-refractivity contribution in [2.24, 2.45) is 17.6 Å². The van der Waals surface area contributed by atoms with Gasteiger partial charge in [0.05, 0.1) is 11.4 Å². The molecule has 0 bridgehead atoms. The summed E-state index contributed by atoms with van der Waals surface area (Å²) in [5, 5.41) is 9.17. The molecule has 110 valence electrons. The molecular formula is C13H24N2O3S. The standard InChI is InChI=1S/C13H24N2O3S/c1-5-8(4)10(14)11(16)15-9(13(17)18)6-19-12(15)7(2)3/h7-10,12H,5-6,14H2,1-4H3,(H,17,18)/t8-,9?,10-,12?/m0/s1. The minimum atomic E-state index is -0.944. The highest BCUT2D eigenvalue weighted by Gasteiger charge is 2.44. The molecule has 1 rings (SSSR count). The Bertz CT molecular complexity index is 349. The fourth-order valence-electron chi connectivity index (χ4n) is 2.18. The highest BCUT2D eigenvalue weighted by molar-refractivity contribution is 8.00. The number of hydrogen-bond donors (Lipinski definition) is 2. The van der Waals surface area contributed by atoms with Gasteiger partial charge in [-0.3, -0.25) is 4.79 Å². The van der Waals surface area contributed by atoms with Gasteiger partial charge in [-0.15, -0.1) is 11.8 Å². The maximum absolute atomic E-state index is 12.5. The van der Waals surface area contributed by atoms with Crippen molar-refractivity contribution in [3.63, 3.8) is 0 Å². The Hall–Kier alpha value is -0.750. The van der Waals surface area contributed by atoms with Crippen LogP contribution in [0, 0.1) is 11.8 Å². The van der Waals surface area contributed by atoms with Crippen molar-refractivity contribution >= 4 is 23.6 Å². The van der Waals surface area contributed by atoms with Gasteiger partial charge in [0, 0.05) is 5.75 Å². The molecule has 1 aliphatic heterocycles. The molecule has 19 heavy (non-hydrogen) atoms. The molecule has 0 spiro atoms. The Labute approximate surface area is 118 Å². The zero-order valence-corrected chi connectivity index (χ0v) is 12.8. The number of hydrogen-bond acceptors (Lipinski definition) is 4. The van der Waals surface area contributed by atoms with Crippen LogP contribution in [0.5, 0.6) is 0 Å². The van der Waals surface area contributed by atoms with Crippen LogP contribution in [0.4, 0.5) is 0 Å². The monoisotopic (exact) mass is 288 g/mol. The minimum Gasteiger partial charge on any atom is -0.480 e. The first-order valence-corrected chi connectivity index (χ1v) is 7.78. The van der Waals surface area contributed by atoms with E-state index in [9.17, 15) is 14.7 Å². The van der Waals surface area contributed by atoms with Crippen LogP contribution in [0.2, 0.25) is 0 Å². The highest BCUT2D eigenvalue weighted by atomic mass is 32.2. The number of aliphatic carboxylic acids is 1. The van der Waals surface area contributed by atoms with Crippen molar-refractivity contribution in [1.82, 2.24) is 4.90 Å². The van der Waals surface area contributed by atoms with Gasteiger partial charge >= 0.3 is 5.97 Å². The average molecular weight is 288 g/mol. The number of carbonyl (C=O) groups excluding carboxylic acids is 1. The predicted octanol–water partition coefficient (Wildman–Crippen LogP) is 1.37. The smallest absolute Gasteiger partial charge is 0.327 e. The van der Waals surface area contributed by atoms with Crippen LogP contribution in [-0.4, -0.2) is 45.1 Å². The highest BCUT2D eigenvalue weighted by Crippen LogP contribution is 2.34. The second kappa shape index (κ2) is 6.61. The van der Waals surface area contributed by atoms with Crippen LogP contribution in [0.25, 0.3) is 0 Å². The summed E-state index contributed by atoms with van der Waals surface area (Å²) in [4.78, 5) is 25.3. The largest absolute Gasteiger partial charge is 0.480 e. The first-order chi connectivity index (χ1) is 8.81. The van der Waals surface area contributed by atoms with E-state index >= 15 is 0 Å². The Morgan fingerprint density at radius 3 is 2.42 bits per heavy atom. The first kappa shape index (κ1) is 16.3. The Balaban J connectivity index is 2.95. The Kier molecular flexibility index (Phi) is 5.67. The van der Waals surface area contributed by atoms with E-state index < -0.39 is 18.1 Å². The fourth-order valence-corrected chi connectivity index (χ4v) is 3.66. The van der Waals surface area contributed by atoms with Crippen LogP contribution < -0.4 is 5.73 Å². The van der Waals surface area contributed by atoms with Gasteiger partial charge in [0.2, 0.25) is 5.91 Å². The van der Waals surface area contributed by atoms with E-state index in [1.807, 2.05) is 27.7 Å². The molecule has 0 aromatic heterocycles. The molecule has 1 heterocycles. The van der Waals surface area contributed by atoms with Gasteiger partial charge < -0.3 is 15.7 Å². The molecule has 3 N–H and O–H groups in total. The van der Waals surface area contributed by atoms with Crippen LogP contribution in [0.3, 0.4) is 0 Å². The van der Waals surface area contributed by atoms with E-state index in [1.54, 1.807) is 0 Å². The molecule has 1 amide bonds. The first-order valence-electron chi connectivity index (χ1n) is 6.73. The molecule has 5 nitrogen and oxygen atoms in total. The van der Waals surface area contributed by atoms with E-state index in [1.165, 1.54) is 16.7 Å². The number of thioether (sulfide) groups is 1. The summed E-state index contributed by atoms with van der Waals surface area (Å²) in [6, 6.07) is -1.37. The van der Waals surface area contributed by atoms with Gasteiger partial charge in [0.15, 0.2) is 0 Å². The molecule has 1 fully saturated rings. The maximum atomic E-state index is 12.5. The van der Waals surface area contributed by atoms with Crippen molar-refractivity contribution in [3.05, 3.63) is 0 Å². The van der Waals surface area contributed by atoms with Crippen molar-refractivity contribution in [3.8, 4) is 0 Å². The fraction of sp³-hybridized carbons (Fsp3) is 0.846. The lowest BCUT2D eigenvalue weighted by molar-refractivity contribution is -0.150. The quantitative estimate of drug-likeness (QED) is 0.798. The number of rotatable bonds is 5. The van der Waals surface area contributed by atoms with Gasteiger partial charge in [-0.1, -0.05) is 34.1 Å². The molecule has 1 saturated heterocycles. The van der Waals surface area contributed by atoms with E-state index in [0.29, 0.717) is 5.75 Å². The molecule has 4 atom stereocenters. The van der Waals surface area contributed by atoms with Gasteiger partial charge in [-0.25, -0.2) is 4.79 Å². The zero-order chi connectivity index (χ0) is 14.7. The minimum absolute atomic E-state index is 0.0559. The molecular weight excluding hydrogens is 264 g/mol. The average Bonchev–Trinajstić information content (AvgIpc) is 2.80. The summed E-state index contributed by atoms with van der Waals surface area (Å²) in [6.07, 6.45) is 0.804. The number of nitrogens with two attached hydrogens (primary N) is 1. The van der Waals surface area contributed by atoms with Gasteiger partial charge in [0.25, 0.3) is 0 Å². The van der Waals surface area contributed by atoms with E-state index in [2.05, 4.69) is 0 Å². The summed E-state index contributed by atoms with van der Waals surface area (Å²) in [7, 11) is 0. The number of carboxylic acids is 1. The normalized spacial score (nSPS) is 26.5. The second-order valence-electron chi connectivity index (χ2n) is 5.48. The van der Waals surface area contributed by atoms with Crippen molar-refractivity contribution in [2.45, 2.75) is 51.6 Å². The number of nitrogens with zero attached hydrogens (tertiary/aromatic N) is 1. The number of carbonyl (C=O) groups is 2. The third-order valence-electron chi connectivity index (χ3n) is 3.69.